The van der Waals surface area contributed by atoms with Gasteiger partial charge in [0, 0.05) is 10.0 Å². The van der Waals surface area contributed by atoms with Crippen LogP contribution in [0, 0.1) is 20.8 Å². The van der Waals surface area contributed by atoms with E-state index in [4.69, 9.17) is 23.2 Å². The molecule has 0 bridgehead atoms. The van der Waals surface area contributed by atoms with Gasteiger partial charge in [0.05, 0.1) is 26.6 Å². The van der Waals surface area contributed by atoms with Crippen LogP contribution in [0.5, 0.6) is 0 Å². The predicted molar refractivity (Wildman–Crippen MR) is 130 cm³/mol. The first kappa shape index (κ1) is 23.8. The highest BCUT2D eigenvalue weighted by atomic mass is 35.5. The second-order valence-electron chi connectivity index (χ2n) is 7.74. The highest BCUT2D eigenvalue weighted by Gasteiger charge is 2.26. The molecule has 0 saturated carbocycles. The first-order valence-corrected chi connectivity index (χ1v) is 13.7. The van der Waals surface area contributed by atoms with Crippen LogP contribution >= 0.6 is 23.2 Å². The first-order valence-electron chi connectivity index (χ1n) is 9.90. The Balaban J connectivity index is 1.79. The average Bonchev–Trinajstić information content (AvgIpc) is 3.07. The summed E-state index contributed by atoms with van der Waals surface area (Å²) in [6.07, 6.45) is 0. The largest absolute Gasteiger partial charge is 0.270 e. The molecule has 10 heteroatoms. The molecule has 3 aromatic carbocycles. The number of hydrogen-bond acceptors (Lipinski definition) is 5. The molecule has 0 aliphatic heterocycles. The number of nitrogens with zero attached hydrogens (tertiary/aromatic N) is 2. The van der Waals surface area contributed by atoms with E-state index in [2.05, 4.69) is 4.98 Å². The Bertz CT molecular complexity index is 1630. The van der Waals surface area contributed by atoms with E-state index >= 15 is 0 Å². The van der Waals surface area contributed by atoms with Gasteiger partial charge in [-0.25, -0.2) is 25.8 Å². The number of imidazole rings is 1. The van der Waals surface area contributed by atoms with Gasteiger partial charge in [0.1, 0.15) is 5.82 Å². The molecular weight excluding hydrogens is 503 g/mol. The third-order valence-corrected chi connectivity index (χ3v) is 10.1. The van der Waals surface area contributed by atoms with Crippen LogP contribution in [-0.2, 0) is 25.6 Å². The minimum Gasteiger partial charge on any atom is -0.232 e. The van der Waals surface area contributed by atoms with E-state index in [1.807, 2.05) is 0 Å². The summed E-state index contributed by atoms with van der Waals surface area (Å²) < 4.78 is 54.0. The Hall–Kier alpha value is -2.39. The van der Waals surface area contributed by atoms with E-state index < -0.39 is 19.9 Å². The van der Waals surface area contributed by atoms with Crippen molar-refractivity contribution in [1.82, 2.24) is 8.96 Å². The fourth-order valence-electron chi connectivity index (χ4n) is 3.80. The lowest BCUT2D eigenvalue weighted by Gasteiger charge is -2.12. The van der Waals surface area contributed by atoms with E-state index in [1.54, 1.807) is 63.2 Å². The third-order valence-electron chi connectivity index (χ3n) is 5.48. The Morgan fingerprint density at radius 2 is 1.39 bits per heavy atom. The van der Waals surface area contributed by atoms with E-state index in [1.165, 1.54) is 12.1 Å². The van der Waals surface area contributed by atoms with Crippen molar-refractivity contribution in [3.8, 4) is 0 Å². The van der Waals surface area contributed by atoms with Crippen LogP contribution in [0.25, 0.3) is 11.0 Å². The molecule has 0 radical (unpaired) electrons. The van der Waals surface area contributed by atoms with Crippen molar-refractivity contribution in [1.29, 1.82) is 0 Å². The number of aromatic nitrogens is 2. The molecule has 0 N–H and O–H groups in total. The van der Waals surface area contributed by atoms with Gasteiger partial charge in [-0.15, -0.1) is 0 Å². The summed E-state index contributed by atoms with van der Waals surface area (Å²) in [5, 5.41) is 0.726. The second-order valence-corrected chi connectivity index (χ2v) is 12.3. The van der Waals surface area contributed by atoms with Gasteiger partial charge in [0.15, 0.2) is 9.84 Å². The van der Waals surface area contributed by atoms with E-state index in [0.717, 1.165) is 3.97 Å². The average molecular weight is 523 g/mol. The number of rotatable bonds is 5. The third kappa shape index (κ3) is 4.17. The molecule has 0 spiro atoms. The van der Waals surface area contributed by atoms with Crippen molar-refractivity contribution in [2.45, 2.75) is 36.3 Å². The molecule has 0 amide bonds. The smallest absolute Gasteiger partial charge is 0.232 e. The van der Waals surface area contributed by atoms with Crippen molar-refractivity contribution in [3.63, 3.8) is 0 Å². The molecule has 0 aliphatic carbocycles. The van der Waals surface area contributed by atoms with Crippen LogP contribution in [0.4, 0.5) is 0 Å². The molecule has 0 aliphatic rings. The molecule has 1 heterocycles. The topological polar surface area (TPSA) is 86.1 Å². The van der Waals surface area contributed by atoms with Gasteiger partial charge >= 0.3 is 0 Å². The van der Waals surface area contributed by atoms with Crippen LogP contribution in [0.1, 0.15) is 22.5 Å². The fraction of sp³-hybridized carbons (Fsp3) is 0.174. The number of hydrogen-bond donors (Lipinski definition) is 0. The molecular formula is C23H20Cl2N2O4S2. The van der Waals surface area contributed by atoms with Gasteiger partial charge < -0.3 is 0 Å². The number of aryl methyl sites for hydroxylation is 1. The summed E-state index contributed by atoms with van der Waals surface area (Å²) in [5.41, 5.74) is 2.16. The van der Waals surface area contributed by atoms with Crippen LogP contribution in [0.2, 0.25) is 10.0 Å². The fourth-order valence-corrected chi connectivity index (χ4v) is 7.65. The van der Waals surface area contributed by atoms with E-state index in [-0.39, 0.29) is 21.4 Å². The zero-order valence-electron chi connectivity index (χ0n) is 18.0. The van der Waals surface area contributed by atoms with Crippen molar-refractivity contribution in [2.24, 2.45) is 0 Å². The Labute approximate surface area is 202 Å². The molecule has 0 fully saturated rings. The van der Waals surface area contributed by atoms with Gasteiger partial charge in [-0.2, -0.15) is 0 Å². The monoisotopic (exact) mass is 522 g/mol. The summed E-state index contributed by atoms with van der Waals surface area (Å²) in [6, 6.07) is 14.2. The van der Waals surface area contributed by atoms with E-state index in [0.29, 0.717) is 37.8 Å². The molecule has 33 heavy (non-hydrogen) atoms. The predicted octanol–water partition coefficient (Wildman–Crippen LogP) is 5.48. The van der Waals surface area contributed by atoms with Gasteiger partial charge in [0.2, 0.25) is 0 Å². The summed E-state index contributed by atoms with van der Waals surface area (Å²) in [6.45, 7) is 4.89. The van der Waals surface area contributed by atoms with Crippen LogP contribution in [0.15, 0.2) is 64.4 Å². The summed E-state index contributed by atoms with van der Waals surface area (Å²) in [5.74, 6) is -0.00835. The molecule has 6 nitrogen and oxygen atoms in total. The number of fused-ring (bicyclic) bond motifs is 1. The van der Waals surface area contributed by atoms with Gasteiger partial charge in [-0.05, 0) is 73.9 Å². The highest BCUT2D eigenvalue weighted by Crippen LogP contribution is 2.30. The first-order chi connectivity index (χ1) is 15.4. The zero-order chi connectivity index (χ0) is 24.1. The molecule has 172 valence electrons. The van der Waals surface area contributed by atoms with Crippen LogP contribution < -0.4 is 0 Å². The number of benzene rings is 3. The minimum atomic E-state index is -3.97. The Kier molecular flexibility index (Phi) is 6.07. The SMILES string of the molecule is Cc1c(Cl)cccc1S(=O)(=O)Cc1ccc2c(c1)nc(C)n2S(=O)(=O)c1cccc(Cl)c1C. The molecule has 0 saturated heterocycles. The minimum absolute atomic E-state index is 0.0838. The standard InChI is InChI=1S/C23H20Cl2N2O4S2/c1-14-18(24)6-4-8-22(14)32(28,29)13-17-10-11-21-20(12-17)26-16(3)27(21)33(30,31)23-9-5-7-19(25)15(23)2/h4-12H,13H2,1-3H3. The molecule has 0 atom stereocenters. The maximum Gasteiger partial charge on any atom is 0.270 e. The summed E-state index contributed by atoms with van der Waals surface area (Å²) in [4.78, 5) is 4.63. The summed E-state index contributed by atoms with van der Waals surface area (Å²) >= 11 is 12.2. The maximum absolute atomic E-state index is 13.4. The van der Waals surface area contributed by atoms with Crippen molar-refractivity contribution < 1.29 is 16.8 Å². The van der Waals surface area contributed by atoms with Crippen molar-refractivity contribution in [2.75, 3.05) is 0 Å². The molecule has 1 aromatic heterocycles. The van der Waals surface area contributed by atoms with Gasteiger partial charge in [-0.1, -0.05) is 41.4 Å². The van der Waals surface area contributed by atoms with E-state index in [9.17, 15) is 16.8 Å². The molecule has 0 unspecified atom stereocenters. The molecule has 4 rings (SSSR count). The quantitative estimate of drug-likeness (QED) is 0.346. The lowest BCUT2D eigenvalue weighted by molar-refractivity contribution is 0.586. The Morgan fingerprint density at radius 3 is 2.03 bits per heavy atom. The normalized spacial score (nSPS) is 12.4. The van der Waals surface area contributed by atoms with Crippen LogP contribution in [-0.4, -0.2) is 25.8 Å². The lowest BCUT2D eigenvalue weighted by atomic mass is 10.2. The second kappa shape index (κ2) is 8.43. The summed E-state index contributed by atoms with van der Waals surface area (Å²) in [7, 11) is -7.64. The maximum atomic E-state index is 13.4. The van der Waals surface area contributed by atoms with Gasteiger partial charge in [-0.3, -0.25) is 0 Å². The van der Waals surface area contributed by atoms with Crippen LogP contribution in [0.3, 0.4) is 0 Å². The number of halogens is 2. The lowest BCUT2D eigenvalue weighted by Crippen LogP contribution is -2.16. The Morgan fingerprint density at radius 1 is 0.818 bits per heavy atom. The highest BCUT2D eigenvalue weighted by molar-refractivity contribution is 7.90. The van der Waals surface area contributed by atoms with Crippen molar-refractivity contribution in [3.05, 3.63) is 87.2 Å². The molecule has 4 aromatic rings. The van der Waals surface area contributed by atoms with Gasteiger partial charge in [0.25, 0.3) is 10.0 Å². The number of sulfone groups is 1. The van der Waals surface area contributed by atoms with Crippen molar-refractivity contribution >= 4 is 54.1 Å². The zero-order valence-corrected chi connectivity index (χ0v) is 21.1.